The molecule has 1 aliphatic heterocycles. The number of ether oxygens (including phenoxy) is 1. The van der Waals surface area contributed by atoms with E-state index < -0.39 is 0 Å². The summed E-state index contributed by atoms with van der Waals surface area (Å²) in [6.07, 6.45) is 11.4. The number of hydrogen-bond acceptors (Lipinski definition) is 3. The lowest BCUT2D eigenvalue weighted by Crippen LogP contribution is -2.35. The van der Waals surface area contributed by atoms with Crippen LogP contribution in [0.2, 0.25) is 0 Å². The van der Waals surface area contributed by atoms with Gasteiger partial charge in [-0.05, 0) is 53.3 Å². The number of H-pyrrole nitrogens is 1. The molecule has 0 unspecified atom stereocenters. The minimum atomic E-state index is 0.841. The molecular formula is C29H33N3O. The fraction of sp³-hybridized carbons (Fsp3) is 0.345. The Morgan fingerprint density at radius 2 is 1.79 bits per heavy atom. The van der Waals surface area contributed by atoms with E-state index in [1.54, 1.807) is 0 Å². The van der Waals surface area contributed by atoms with E-state index in [9.17, 15) is 0 Å². The van der Waals surface area contributed by atoms with Gasteiger partial charge in [-0.3, -0.25) is 4.90 Å². The summed E-state index contributed by atoms with van der Waals surface area (Å²) in [5, 5.41) is 2.42. The van der Waals surface area contributed by atoms with Crippen LogP contribution in [0.4, 0.5) is 0 Å². The van der Waals surface area contributed by atoms with Gasteiger partial charge in [-0.2, -0.15) is 0 Å². The van der Waals surface area contributed by atoms with Crippen LogP contribution >= 0.6 is 0 Å². The minimum Gasteiger partial charge on any atom is -0.379 e. The smallest absolute Gasteiger partial charge is 0.138 e. The first-order valence-electron chi connectivity index (χ1n) is 12.3. The van der Waals surface area contributed by atoms with Gasteiger partial charge in [0.1, 0.15) is 5.65 Å². The van der Waals surface area contributed by atoms with Crippen molar-refractivity contribution in [3.63, 3.8) is 0 Å². The number of nitrogens with zero attached hydrogens (tertiary/aromatic N) is 2. The van der Waals surface area contributed by atoms with Crippen LogP contribution in [0.5, 0.6) is 0 Å². The van der Waals surface area contributed by atoms with Crippen LogP contribution in [-0.2, 0) is 11.3 Å². The van der Waals surface area contributed by atoms with Gasteiger partial charge in [-0.15, -0.1) is 0 Å². The molecule has 4 heteroatoms. The monoisotopic (exact) mass is 439 g/mol. The summed E-state index contributed by atoms with van der Waals surface area (Å²) in [4.78, 5) is 10.6. The maximum atomic E-state index is 5.46. The molecule has 0 amide bonds. The summed E-state index contributed by atoms with van der Waals surface area (Å²) in [6.45, 7) is 6.95. The number of fused-ring (bicyclic) bond motifs is 3. The highest BCUT2D eigenvalue weighted by molar-refractivity contribution is 6.07. The zero-order valence-corrected chi connectivity index (χ0v) is 19.5. The molecule has 0 atom stereocenters. The number of nitrogens with one attached hydrogen (secondary N) is 1. The standard InChI is InChI=1S/C29H33N3O/c1-2-3-4-5-6-7-23-18-27-26-19-25(12-13-28(26)31-29(27)30-20-23)24-10-8-22(9-11-24)21-32-14-16-33-17-15-32/h6-13,18-20H,2-5,14-17,21H2,1H3,(H,30,31)/b7-6+. The van der Waals surface area contributed by atoms with Crippen molar-refractivity contribution >= 4 is 28.0 Å². The first-order chi connectivity index (χ1) is 16.3. The van der Waals surface area contributed by atoms with Crippen molar-refractivity contribution in [3.05, 3.63) is 71.9 Å². The molecule has 1 fully saturated rings. The first kappa shape index (κ1) is 21.9. The normalized spacial score (nSPS) is 15.2. The van der Waals surface area contributed by atoms with Crippen molar-refractivity contribution in [2.24, 2.45) is 0 Å². The molecule has 5 rings (SSSR count). The maximum absolute atomic E-state index is 5.46. The molecule has 0 saturated carbocycles. The molecule has 0 radical (unpaired) electrons. The molecule has 2 aromatic heterocycles. The Balaban J connectivity index is 1.37. The van der Waals surface area contributed by atoms with Crippen LogP contribution in [0.3, 0.4) is 0 Å². The van der Waals surface area contributed by atoms with E-state index in [-0.39, 0.29) is 0 Å². The van der Waals surface area contributed by atoms with Gasteiger partial charge in [0.25, 0.3) is 0 Å². The van der Waals surface area contributed by atoms with E-state index in [4.69, 9.17) is 4.74 Å². The Labute approximate surface area is 196 Å². The Hall–Kier alpha value is -2.95. The number of benzene rings is 2. The van der Waals surface area contributed by atoms with Crippen molar-refractivity contribution in [2.45, 2.75) is 39.2 Å². The minimum absolute atomic E-state index is 0.841. The molecular weight excluding hydrogens is 406 g/mol. The number of rotatable bonds is 8. The summed E-state index contributed by atoms with van der Waals surface area (Å²) >= 11 is 0. The van der Waals surface area contributed by atoms with Gasteiger partial charge in [-0.25, -0.2) is 4.98 Å². The zero-order valence-electron chi connectivity index (χ0n) is 19.5. The highest BCUT2D eigenvalue weighted by atomic mass is 16.5. The largest absolute Gasteiger partial charge is 0.379 e. The lowest BCUT2D eigenvalue weighted by Gasteiger charge is -2.26. The second kappa shape index (κ2) is 10.3. The number of unbranched alkanes of at least 4 members (excludes halogenated alkanes) is 3. The fourth-order valence-electron chi connectivity index (χ4n) is 4.61. The topological polar surface area (TPSA) is 41.2 Å². The van der Waals surface area contributed by atoms with Crippen LogP contribution in [0, 0.1) is 0 Å². The summed E-state index contributed by atoms with van der Waals surface area (Å²) in [5.74, 6) is 0. The van der Waals surface area contributed by atoms with Crippen molar-refractivity contribution in [2.75, 3.05) is 26.3 Å². The van der Waals surface area contributed by atoms with Crippen LogP contribution in [0.15, 0.2) is 60.8 Å². The summed E-state index contributed by atoms with van der Waals surface area (Å²) in [6, 6.07) is 17.9. The quantitative estimate of drug-likeness (QED) is 0.307. The number of aromatic nitrogens is 2. The van der Waals surface area contributed by atoms with Crippen LogP contribution in [0.1, 0.15) is 43.7 Å². The Morgan fingerprint density at radius 1 is 0.970 bits per heavy atom. The van der Waals surface area contributed by atoms with E-state index in [0.717, 1.165) is 56.0 Å². The van der Waals surface area contributed by atoms with Gasteiger partial charge in [0.2, 0.25) is 0 Å². The molecule has 0 spiro atoms. The SMILES string of the molecule is CCCCC/C=C/c1cnc2[nH]c3ccc(-c4ccc(CN5CCOCC5)cc4)cc3c2c1. The summed E-state index contributed by atoms with van der Waals surface area (Å²) in [5.41, 5.74) is 7.09. The van der Waals surface area contributed by atoms with Gasteiger partial charge >= 0.3 is 0 Å². The Bertz CT molecular complexity index is 1230. The lowest BCUT2D eigenvalue weighted by atomic mass is 10.0. The number of morpholine rings is 1. The summed E-state index contributed by atoms with van der Waals surface area (Å²) < 4.78 is 5.46. The van der Waals surface area contributed by atoms with Gasteiger partial charge in [-0.1, -0.05) is 62.2 Å². The Morgan fingerprint density at radius 3 is 2.61 bits per heavy atom. The van der Waals surface area contributed by atoms with E-state index >= 15 is 0 Å². The molecule has 1 aliphatic rings. The van der Waals surface area contributed by atoms with E-state index in [1.165, 1.54) is 46.7 Å². The molecule has 33 heavy (non-hydrogen) atoms. The van der Waals surface area contributed by atoms with Crippen molar-refractivity contribution in [1.82, 2.24) is 14.9 Å². The number of aromatic amines is 1. The lowest BCUT2D eigenvalue weighted by molar-refractivity contribution is 0.0342. The van der Waals surface area contributed by atoms with Gasteiger partial charge in [0.05, 0.1) is 13.2 Å². The predicted molar refractivity (Wildman–Crippen MR) is 138 cm³/mol. The number of hydrogen-bond donors (Lipinski definition) is 1. The molecule has 3 heterocycles. The van der Waals surface area contributed by atoms with Gasteiger partial charge < -0.3 is 9.72 Å². The fourth-order valence-corrected chi connectivity index (χ4v) is 4.61. The zero-order chi connectivity index (χ0) is 22.5. The van der Waals surface area contributed by atoms with Gasteiger partial charge in [0.15, 0.2) is 0 Å². The summed E-state index contributed by atoms with van der Waals surface area (Å²) in [7, 11) is 0. The van der Waals surface area contributed by atoms with Gasteiger partial charge in [0, 0.05) is 42.1 Å². The highest BCUT2D eigenvalue weighted by Crippen LogP contribution is 2.30. The average Bonchev–Trinajstić information content (AvgIpc) is 3.22. The maximum Gasteiger partial charge on any atom is 0.138 e. The van der Waals surface area contributed by atoms with Crippen molar-refractivity contribution in [1.29, 1.82) is 0 Å². The second-order valence-electron chi connectivity index (χ2n) is 9.03. The molecule has 4 nitrogen and oxygen atoms in total. The van der Waals surface area contributed by atoms with E-state index in [2.05, 4.69) is 82.5 Å². The highest BCUT2D eigenvalue weighted by Gasteiger charge is 2.11. The third-order valence-electron chi connectivity index (χ3n) is 6.55. The molecule has 2 aromatic carbocycles. The third kappa shape index (κ3) is 5.18. The third-order valence-corrected chi connectivity index (χ3v) is 6.55. The number of pyridine rings is 1. The molecule has 170 valence electrons. The Kier molecular flexibility index (Phi) is 6.84. The molecule has 1 N–H and O–H groups in total. The van der Waals surface area contributed by atoms with Crippen molar-refractivity contribution in [3.8, 4) is 11.1 Å². The second-order valence-corrected chi connectivity index (χ2v) is 9.03. The van der Waals surface area contributed by atoms with E-state index in [1.807, 2.05) is 6.20 Å². The molecule has 1 saturated heterocycles. The number of allylic oxidation sites excluding steroid dienone is 1. The van der Waals surface area contributed by atoms with Crippen LogP contribution in [-0.4, -0.2) is 41.2 Å². The van der Waals surface area contributed by atoms with E-state index in [0.29, 0.717) is 0 Å². The van der Waals surface area contributed by atoms with Crippen LogP contribution < -0.4 is 0 Å². The van der Waals surface area contributed by atoms with Crippen molar-refractivity contribution < 1.29 is 4.74 Å². The first-order valence-corrected chi connectivity index (χ1v) is 12.3. The predicted octanol–water partition coefficient (Wildman–Crippen LogP) is 6.81. The van der Waals surface area contributed by atoms with Crippen LogP contribution in [0.25, 0.3) is 39.1 Å². The molecule has 0 aliphatic carbocycles. The average molecular weight is 440 g/mol. The molecule has 0 bridgehead atoms. The molecule has 4 aromatic rings.